The highest BCUT2D eigenvalue weighted by Crippen LogP contribution is 2.18. The van der Waals surface area contributed by atoms with E-state index in [1.54, 1.807) is 23.5 Å². The number of hydrogen-bond acceptors (Lipinski definition) is 3. The number of nitrogens with two attached hydrogens (primary N) is 1. The Morgan fingerprint density at radius 2 is 2.10 bits per heavy atom. The molecule has 20 heavy (non-hydrogen) atoms. The summed E-state index contributed by atoms with van der Waals surface area (Å²) < 4.78 is 14.3. The first kappa shape index (κ1) is 14.7. The van der Waals surface area contributed by atoms with Gasteiger partial charge in [-0.25, -0.2) is 4.39 Å². The summed E-state index contributed by atoms with van der Waals surface area (Å²) in [4.78, 5) is 3.42. The van der Waals surface area contributed by atoms with Gasteiger partial charge in [0.1, 0.15) is 11.7 Å². The maximum Gasteiger partial charge on any atom is 0.138 e. The third-order valence-corrected chi connectivity index (χ3v) is 4.03. The number of thiophene rings is 1. The Balaban J connectivity index is 2.15. The summed E-state index contributed by atoms with van der Waals surface area (Å²) in [5, 5.41) is 9.43. The van der Waals surface area contributed by atoms with Gasteiger partial charge in [0.25, 0.3) is 0 Å². The van der Waals surface area contributed by atoms with Crippen LogP contribution >= 0.6 is 11.3 Å². The van der Waals surface area contributed by atoms with Crippen LogP contribution in [0.15, 0.2) is 35.7 Å². The lowest BCUT2D eigenvalue weighted by Crippen LogP contribution is -2.23. The van der Waals surface area contributed by atoms with Crippen LogP contribution in [-0.2, 0) is 13.1 Å². The van der Waals surface area contributed by atoms with Crippen molar-refractivity contribution in [2.45, 2.75) is 20.0 Å². The molecule has 0 bridgehead atoms. The van der Waals surface area contributed by atoms with Gasteiger partial charge in [0.2, 0.25) is 0 Å². The minimum Gasteiger partial charge on any atom is -0.384 e. The van der Waals surface area contributed by atoms with E-state index in [1.165, 1.54) is 10.9 Å². The van der Waals surface area contributed by atoms with Crippen LogP contribution in [0, 0.1) is 11.2 Å². The summed E-state index contributed by atoms with van der Waals surface area (Å²) in [5.74, 6) is -0.615. The molecule has 0 spiro atoms. The van der Waals surface area contributed by atoms with Gasteiger partial charge >= 0.3 is 0 Å². The van der Waals surface area contributed by atoms with Crippen LogP contribution < -0.4 is 5.73 Å². The van der Waals surface area contributed by atoms with Gasteiger partial charge in [-0.15, -0.1) is 11.3 Å². The number of nitrogens with zero attached hydrogens (tertiary/aromatic N) is 1. The van der Waals surface area contributed by atoms with Crippen molar-refractivity contribution in [2.24, 2.45) is 5.73 Å². The van der Waals surface area contributed by atoms with Crippen LogP contribution in [0.25, 0.3) is 0 Å². The summed E-state index contributed by atoms with van der Waals surface area (Å²) in [7, 11) is 0. The number of benzene rings is 1. The predicted molar refractivity (Wildman–Crippen MR) is 81.5 cm³/mol. The molecule has 1 aromatic heterocycles. The lowest BCUT2D eigenvalue weighted by Gasteiger charge is -2.20. The molecule has 2 aromatic rings. The topological polar surface area (TPSA) is 53.1 Å². The van der Waals surface area contributed by atoms with Gasteiger partial charge in [0.15, 0.2) is 0 Å². The third-order valence-electron chi connectivity index (χ3n) is 3.17. The normalized spacial score (nSPS) is 10.9. The van der Waals surface area contributed by atoms with E-state index in [-0.39, 0.29) is 17.2 Å². The van der Waals surface area contributed by atoms with Crippen molar-refractivity contribution in [3.63, 3.8) is 0 Å². The molecule has 0 aliphatic heterocycles. The maximum atomic E-state index is 14.3. The molecule has 0 amide bonds. The van der Waals surface area contributed by atoms with Gasteiger partial charge < -0.3 is 5.73 Å². The summed E-state index contributed by atoms with van der Waals surface area (Å²) in [6.07, 6.45) is 0. The number of nitrogen functional groups attached to an aromatic ring is 1. The van der Waals surface area contributed by atoms with Gasteiger partial charge in [0.05, 0.1) is 5.56 Å². The molecule has 0 fully saturated rings. The van der Waals surface area contributed by atoms with Gasteiger partial charge in [-0.05, 0) is 24.1 Å². The summed E-state index contributed by atoms with van der Waals surface area (Å²) in [6.45, 7) is 4.21. The summed E-state index contributed by atoms with van der Waals surface area (Å²) in [5.41, 5.74) is 6.14. The van der Waals surface area contributed by atoms with Crippen molar-refractivity contribution in [1.82, 2.24) is 4.90 Å². The number of hydrogen-bond donors (Lipinski definition) is 2. The van der Waals surface area contributed by atoms with Crippen molar-refractivity contribution >= 4 is 17.2 Å². The van der Waals surface area contributed by atoms with Gasteiger partial charge in [-0.1, -0.05) is 25.1 Å². The first-order chi connectivity index (χ1) is 9.61. The highest BCUT2D eigenvalue weighted by Gasteiger charge is 2.13. The van der Waals surface area contributed by atoms with Crippen molar-refractivity contribution in [1.29, 1.82) is 5.41 Å². The maximum absolute atomic E-state index is 14.3. The Hall–Kier alpha value is -1.72. The standard InChI is InChI=1S/C15H18FN3S/c1-2-19(10-12-6-4-8-20-12)9-11-5-3-7-13(14(11)16)15(17)18/h3-8H,2,9-10H2,1H3,(H3,17,18). The predicted octanol–water partition coefficient (Wildman–Crippen LogP) is 3.19. The van der Waals surface area contributed by atoms with Crippen molar-refractivity contribution in [2.75, 3.05) is 6.54 Å². The number of nitrogens with one attached hydrogen (secondary N) is 1. The molecule has 0 radical (unpaired) electrons. The lowest BCUT2D eigenvalue weighted by atomic mass is 10.1. The second-order valence-electron chi connectivity index (χ2n) is 4.57. The minimum atomic E-state index is -0.385. The van der Waals surface area contributed by atoms with E-state index in [0.717, 1.165) is 13.1 Å². The Morgan fingerprint density at radius 1 is 1.30 bits per heavy atom. The number of rotatable bonds is 6. The molecule has 0 unspecified atom stereocenters. The molecule has 0 saturated heterocycles. The molecule has 0 saturated carbocycles. The Bertz CT molecular complexity index is 581. The largest absolute Gasteiger partial charge is 0.384 e. The second kappa shape index (κ2) is 6.63. The van der Waals surface area contributed by atoms with Crippen LogP contribution in [0.2, 0.25) is 0 Å². The zero-order valence-corrected chi connectivity index (χ0v) is 12.2. The van der Waals surface area contributed by atoms with E-state index >= 15 is 0 Å². The Morgan fingerprint density at radius 3 is 2.70 bits per heavy atom. The molecule has 106 valence electrons. The third kappa shape index (κ3) is 3.43. The monoisotopic (exact) mass is 291 g/mol. The zero-order valence-electron chi connectivity index (χ0n) is 11.4. The van der Waals surface area contributed by atoms with Crippen LogP contribution in [0.4, 0.5) is 4.39 Å². The fourth-order valence-corrected chi connectivity index (χ4v) is 2.80. The van der Waals surface area contributed by atoms with E-state index < -0.39 is 0 Å². The number of amidine groups is 1. The first-order valence-corrected chi connectivity index (χ1v) is 7.36. The SMILES string of the molecule is CCN(Cc1cccs1)Cc1cccc(C(=N)N)c1F. The lowest BCUT2D eigenvalue weighted by molar-refractivity contribution is 0.269. The molecule has 0 atom stereocenters. The van der Waals surface area contributed by atoms with Gasteiger partial charge in [-0.2, -0.15) is 0 Å². The Kier molecular flexibility index (Phi) is 4.87. The molecule has 0 aliphatic carbocycles. The average Bonchev–Trinajstić information content (AvgIpc) is 2.92. The quantitative estimate of drug-likeness (QED) is 0.634. The molecule has 3 nitrogen and oxygen atoms in total. The van der Waals surface area contributed by atoms with E-state index in [0.29, 0.717) is 12.1 Å². The van der Waals surface area contributed by atoms with Crippen LogP contribution in [0.1, 0.15) is 22.9 Å². The van der Waals surface area contributed by atoms with Crippen LogP contribution in [0.5, 0.6) is 0 Å². The molecule has 1 aromatic carbocycles. The fraction of sp³-hybridized carbons (Fsp3) is 0.267. The minimum absolute atomic E-state index is 0.176. The van der Waals surface area contributed by atoms with Gasteiger partial charge in [0, 0.05) is 23.5 Å². The van der Waals surface area contributed by atoms with Crippen molar-refractivity contribution in [3.8, 4) is 0 Å². The molecule has 2 rings (SSSR count). The zero-order chi connectivity index (χ0) is 14.5. The fourth-order valence-electron chi connectivity index (χ4n) is 2.05. The summed E-state index contributed by atoms with van der Waals surface area (Å²) >= 11 is 1.70. The smallest absolute Gasteiger partial charge is 0.138 e. The molecule has 0 aliphatic rings. The van der Waals surface area contributed by atoms with Crippen molar-refractivity contribution in [3.05, 3.63) is 57.5 Å². The average molecular weight is 291 g/mol. The summed E-state index contributed by atoms with van der Waals surface area (Å²) in [6, 6.07) is 9.13. The van der Waals surface area contributed by atoms with Gasteiger partial charge in [-0.3, -0.25) is 10.3 Å². The Labute approximate surface area is 122 Å². The van der Waals surface area contributed by atoms with Crippen LogP contribution in [0.3, 0.4) is 0 Å². The molecular formula is C15H18FN3S. The molecule has 5 heteroatoms. The van der Waals surface area contributed by atoms with E-state index in [4.69, 9.17) is 11.1 Å². The van der Waals surface area contributed by atoms with E-state index in [9.17, 15) is 4.39 Å². The van der Waals surface area contributed by atoms with E-state index in [2.05, 4.69) is 17.9 Å². The molecule has 3 N–H and O–H groups in total. The highest BCUT2D eigenvalue weighted by atomic mass is 32.1. The van der Waals surface area contributed by atoms with Crippen molar-refractivity contribution < 1.29 is 4.39 Å². The highest BCUT2D eigenvalue weighted by molar-refractivity contribution is 7.09. The number of halogens is 1. The second-order valence-corrected chi connectivity index (χ2v) is 5.61. The first-order valence-electron chi connectivity index (χ1n) is 6.48. The van der Waals surface area contributed by atoms with Crippen LogP contribution in [-0.4, -0.2) is 17.3 Å². The molecule has 1 heterocycles. The van der Waals surface area contributed by atoms with E-state index in [1.807, 2.05) is 11.4 Å². The molecular weight excluding hydrogens is 273 g/mol.